The quantitative estimate of drug-likeness (QED) is 0.543. The van der Waals surface area contributed by atoms with Gasteiger partial charge in [0.2, 0.25) is 5.91 Å². The number of Topliss-reactive ketones (excluding diaryl/α,β-unsaturated/α-hetero) is 1. The maximum Gasteiger partial charge on any atom is 0.341 e. The number of esters is 1. The average Bonchev–Trinajstić information content (AvgIpc) is 3.03. The average molecular weight is 374 g/mol. The molecule has 6 nitrogen and oxygen atoms in total. The number of aryl methyl sites for hydroxylation is 1. The number of ether oxygens (including phenoxy) is 1. The third kappa shape index (κ3) is 5.16. The third-order valence-corrected chi connectivity index (χ3v) is 4.80. The van der Waals surface area contributed by atoms with Crippen LogP contribution in [0.5, 0.6) is 0 Å². The molecule has 1 heterocycles. The number of benzene rings is 1. The summed E-state index contributed by atoms with van der Waals surface area (Å²) in [7, 11) is 0. The molecule has 1 aromatic heterocycles. The molecule has 2 N–H and O–H groups in total. The Balaban J connectivity index is 2.03. The van der Waals surface area contributed by atoms with Crippen molar-refractivity contribution in [3.63, 3.8) is 0 Å². The van der Waals surface area contributed by atoms with Gasteiger partial charge >= 0.3 is 5.97 Å². The molecule has 0 unspecified atom stereocenters. The zero-order valence-corrected chi connectivity index (χ0v) is 15.9. The maximum atomic E-state index is 12.2. The van der Waals surface area contributed by atoms with Crippen LogP contribution in [0.25, 0.3) is 0 Å². The van der Waals surface area contributed by atoms with Crippen molar-refractivity contribution in [2.75, 3.05) is 23.8 Å². The molecule has 0 aliphatic rings. The number of thiophene rings is 1. The summed E-state index contributed by atoms with van der Waals surface area (Å²) in [4.78, 5) is 36.7. The van der Waals surface area contributed by atoms with Crippen LogP contribution < -0.4 is 10.6 Å². The molecule has 1 aromatic carbocycles. The number of nitrogens with one attached hydrogen (secondary N) is 2. The van der Waals surface area contributed by atoms with Crippen LogP contribution in [-0.2, 0) is 16.0 Å². The normalized spacial score (nSPS) is 10.3. The van der Waals surface area contributed by atoms with E-state index in [1.165, 1.54) is 18.3 Å². The van der Waals surface area contributed by atoms with Gasteiger partial charge in [-0.25, -0.2) is 4.79 Å². The minimum absolute atomic E-state index is 0.0168. The van der Waals surface area contributed by atoms with E-state index < -0.39 is 5.97 Å². The number of ketones is 1. The second-order valence-corrected chi connectivity index (χ2v) is 6.71. The zero-order valence-electron chi connectivity index (χ0n) is 15.0. The molecule has 0 saturated carbocycles. The van der Waals surface area contributed by atoms with Crippen molar-refractivity contribution in [3.8, 4) is 0 Å². The molecule has 26 heavy (non-hydrogen) atoms. The number of amides is 1. The molecule has 2 aromatic rings. The fourth-order valence-electron chi connectivity index (χ4n) is 2.27. The summed E-state index contributed by atoms with van der Waals surface area (Å²) in [5.74, 6) is -0.767. The highest BCUT2D eigenvalue weighted by atomic mass is 32.1. The van der Waals surface area contributed by atoms with E-state index in [0.29, 0.717) is 21.8 Å². The van der Waals surface area contributed by atoms with E-state index in [1.54, 1.807) is 37.3 Å². The topological polar surface area (TPSA) is 84.5 Å². The molecule has 0 saturated heterocycles. The van der Waals surface area contributed by atoms with Crippen LogP contribution in [0, 0.1) is 0 Å². The molecule has 0 atom stereocenters. The Morgan fingerprint density at radius 1 is 1.15 bits per heavy atom. The summed E-state index contributed by atoms with van der Waals surface area (Å²) < 4.78 is 5.04. The lowest BCUT2D eigenvalue weighted by Gasteiger charge is -2.09. The second kappa shape index (κ2) is 9.15. The van der Waals surface area contributed by atoms with Crippen LogP contribution in [0.3, 0.4) is 0 Å². The van der Waals surface area contributed by atoms with Crippen molar-refractivity contribution in [2.45, 2.75) is 27.2 Å². The van der Waals surface area contributed by atoms with E-state index in [0.717, 1.165) is 11.3 Å². The van der Waals surface area contributed by atoms with Gasteiger partial charge in [-0.3, -0.25) is 9.59 Å². The Bertz CT molecular complexity index is 814. The Kier molecular flexibility index (Phi) is 6.91. The minimum atomic E-state index is -0.444. The monoisotopic (exact) mass is 374 g/mol. The summed E-state index contributed by atoms with van der Waals surface area (Å²) in [6.07, 6.45) is 0.767. The third-order valence-electron chi connectivity index (χ3n) is 3.60. The predicted octanol–water partition coefficient (Wildman–Crippen LogP) is 3.74. The minimum Gasteiger partial charge on any atom is -0.462 e. The first-order chi connectivity index (χ1) is 12.4. The number of anilines is 2. The smallest absolute Gasteiger partial charge is 0.341 e. The van der Waals surface area contributed by atoms with Crippen molar-refractivity contribution < 1.29 is 19.1 Å². The van der Waals surface area contributed by atoms with Gasteiger partial charge in [-0.05, 0) is 38.5 Å². The Morgan fingerprint density at radius 2 is 1.92 bits per heavy atom. The summed E-state index contributed by atoms with van der Waals surface area (Å²) in [6.45, 7) is 5.50. The zero-order chi connectivity index (χ0) is 19.1. The van der Waals surface area contributed by atoms with Crippen molar-refractivity contribution in [2.24, 2.45) is 0 Å². The van der Waals surface area contributed by atoms with E-state index in [4.69, 9.17) is 4.74 Å². The van der Waals surface area contributed by atoms with Gasteiger partial charge in [0, 0.05) is 16.1 Å². The number of rotatable bonds is 8. The molecular formula is C19H22N2O4S. The van der Waals surface area contributed by atoms with Crippen LogP contribution in [0.15, 0.2) is 30.3 Å². The molecule has 0 fully saturated rings. The predicted molar refractivity (Wildman–Crippen MR) is 103 cm³/mol. The van der Waals surface area contributed by atoms with Gasteiger partial charge in [0.25, 0.3) is 0 Å². The van der Waals surface area contributed by atoms with Gasteiger partial charge in [0.15, 0.2) is 5.78 Å². The number of carbonyl (C=O) groups is 3. The first kappa shape index (κ1) is 19.7. The summed E-state index contributed by atoms with van der Waals surface area (Å²) in [6, 6.07) is 8.70. The van der Waals surface area contributed by atoms with Crippen LogP contribution in [0.2, 0.25) is 0 Å². The van der Waals surface area contributed by atoms with E-state index in [9.17, 15) is 14.4 Å². The van der Waals surface area contributed by atoms with E-state index >= 15 is 0 Å². The lowest BCUT2D eigenvalue weighted by molar-refractivity contribution is -0.114. The van der Waals surface area contributed by atoms with Crippen molar-refractivity contribution in [1.29, 1.82) is 0 Å². The van der Waals surface area contributed by atoms with E-state index in [2.05, 4.69) is 10.6 Å². The lowest BCUT2D eigenvalue weighted by atomic mass is 10.1. The van der Waals surface area contributed by atoms with Crippen LogP contribution in [0.1, 0.15) is 46.4 Å². The van der Waals surface area contributed by atoms with Gasteiger partial charge in [0.1, 0.15) is 5.00 Å². The molecule has 0 aliphatic heterocycles. The fourth-order valence-corrected chi connectivity index (χ4v) is 3.27. The van der Waals surface area contributed by atoms with E-state index in [-0.39, 0.29) is 24.8 Å². The largest absolute Gasteiger partial charge is 0.462 e. The second-order valence-electron chi connectivity index (χ2n) is 5.57. The molecule has 7 heteroatoms. The number of carbonyl (C=O) groups excluding carboxylic acids is 3. The van der Waals surface area contributed by atoms with E-state index in [1.807, 2.05) is 6.92 Å². The summed E-state index contributed by atoms with van der Waals surface area (Å²) in [5, 5.41) is 6.23. The first-order valence-electron chi connectivity index (χ1n) is 8.39. The number of hydrogen-bond donors (Lipinski definition) is 2. The highest BCUT2D eigenvalue weighted by Crippen LogP contribution is 2.29. The molecular weight excluding hydrogens is 352 g/mol. The molecule has 2 rings (SSSR count). The maximum absolute atomic E-state index is 12.2. The Hall–Kier alpha value is -2.67. The molecule has 0 radical (unpaired) electrons. The van der Waals surface area contributed by atoms with Crippen LogP contribution >= 0.6 is 11.3 Å². The highest BCUT2D eigenvalue weighted by Gasteiger charge is 2.18. The van der Waals surface area contributed by atoms with Crippen LogP contribution in [-0.4, -0.2) is 30.8 Å². The van der Waals surface area contributed by atoms with Gasteiger partial charge in [0.05, 0.1) is 18.7 Å². The highest BCUT2D eigenvalue weighted by molar-refractivity contribution is 7.16. The molecule has 0 bridgehead atoms. The van der Waals surface area contributed by atoms with Gasteiger partial charge in [-0.2, -0.15) is 0 Å². The van der Waals surface area contributed by atoms with Crippen molar-refractivity contribution in [3.05, 3.63) is 46.3 Å². The molecule has 0 spiro atoms. The van der Waals surface area contributed by atoms with Gasteiger partial charge < -0.3 is 15.4 Å². The number of hydrogen-bond acceptors (Lipinski definition) is 6. The summed E-state index contributed by atoms with van der Waals surface area (Å²) >= 11 is 1.36. The first-order valence-corrected chi connectivity index (χ1v) is 9.20. The standard InChI is InChI=1S/C19H22N2O4S/c1-4-15-10-16(19(24)25-5-2)18(26-15)21-17(23)11-20-14-8-6-7-13(9-14)12(3)22/h6-10,20H,4-5,11H2,1-3H3,(H,21,23). The summed E-state index contributed by atoms with van der Waals surface area (Å²) in [5.41, 5.74) is 1.63. The van der Waals surface area contributed by atoms with Crippen molar-refractivity contribution in [1.82, 2.24) is 0 Å². The fraction of sp³-hybridized carbons (Fsp3) is 0.316. The Morgan fingerprint density at radius 3 is 2.58 bits per heavy atom. The molecule has 1 amide bonds. The van der Waals surface area contributed by atoms with Gasteiger partial charge in [-0.1, -0.05) is 19.1 Å². The lowest BCUT2D eigenvalue weighted by Crippen LogP contribution is -2.22. The molecule has 0 aliphatic carbocycles. The van der Waals surface area contributed by atoms with Crippen LogP contribution in [0.4, 0.5) is 10.7 Å². The SMILES string of the molecule is CCOC(=O)c1cc(CC)sc1NC(=O)CNc1cccc(C(C)=O)c1. The Labute approximate surface area is 156 Å². The van der Waals surface area contributed by atoms with Crippen molar-refractivity contribution >= 4 is 39.7 Å². The molecule has 138 valence electrons. The van der Waals surface area contributed by atoms with Gasteiger partial charge in [-0.15, -0.1) is 11.3 Å².